The summed E-state index contributed by atoms with van der Waals surface area (Å²) in [7, 11) is 0. The fourth-order valence-corrected chi connectivity index (χ4v) is 2.67. The first-order valence-electron chi connectivity index (χ1n) is 7.58. The van der Waals surface area contributed by atoms with E-state index >= 15 is 0 Å². The first-order chi connectivity index (χ1) is 10.4. The van der Waals surface area contributed by atoms with Gasteiger partial charge in [-0.3, -0.25) is 0 Å². The van der Waals surface area contributed by atoms with Crippen LogP contribution in [0.4, 0.5) is 0 Å². The molecule has 2 aromatic rings. The van der Waals surface area contributed by atoms with Crippen LogP contribution in [0.1, 0.15) is 49.1 Å². The van der Waals surface area contributed by atoms with Crippen LogP contribution in [0, 0.1) is 0 Å². The van der Waals surface area contributed by atoms with Crippen LogP contribution in [0.5, 0.6) is 0 Å². The van der Waals surface area contributed by atoms with Gasteiger partial charge in [-0.2, -0.15) is 0 Å². The minimum atomic E-state index is -0.0442. The summed E-state index contributed by atoms with van der Waals surface area (Å²) < 4.78 is 11.3. The van der Waals surface area contributed by atoms with E-state index in [1.54, 1.807) is 0 Å². The molecule has 1 atom stereocenters. The number of nitrogens with one attached hydrogen (secondary N) is 1. The Bertz CT molecular complexity index is 550. The molecule has 1 N–H and O–H groups in total. The zero-order valence-electron chi connectivity index (χ0n) is 12.3. The lowest BCUT2D eigenvalue weighted by molar-refractivity contribution is 0.0790. The summed E-state index contributed by atoms with van der Waals surface area (Å²) in [6.45, 7) is 4.47. The molecule has 1 aliphatic heterocycles. The molecule has 0 saturated carbocycles. The predicted molar refractivity (Wildman–Crippen MR) is 79.1 cm³/mol. The number of aromatic nitrogens is 2. The van der Waals surface area contributed by atoms with Crippen LogP contribution in [-0.2, 0) is 4.74 Å². The van der Waals surface area contributed by atoms with Gasteiger partial charge in [0.1, 0.15) is 6.04 Å². The Balaban J connectivity index is 1.81. The molecule has 1 unspecified atom stereocenters. The lowest BCUT2D eigenvalue weighted by Crippen LogP contribution is -2.22. The van der Waals surface area contributed by atoms with Gasteiger partial charge < -0.3 is 14.5 Å². The lowest BCUT2D eigenvalue weighted by atomic mass is 10.0. The second-order valence-electron chi connectivity index (χ2n) is 5.27. The van der Waals surface area contributed by atoms with Gasteiger partial charge in [-0.15, -0.1) is 10.2 Å². The van der Waals surface area contributed by atoms with E-state index in [1.165, 1.54) is 0 Å². The average molecular weight is 287 g/mol. The van der Waals surface area contributed by atoms with Gasteiger partial charge in [0.15, 0.2) is 0 Å². The van der Waals surface area contributed by atoms with Crippen LogP contribution in [0.3, 0.4) is 0 Å². The molecule has 0 spiro atoms. The van der Waals surface area contributed by atoms with Crippen LogP contribution in [0.15, 0.2) is 34.7 Å². The Kier molecular flexibility index (Phi) is 4.62. The maximum atomic E-state index is 5.95. The zero-order chi connectivity index (χ0) is 14.5. The molecule has 112 valence electrons. The van der Waals surface area contributed by atoms with Crippen molar-refractivity contribution in [3.8, 4) is 0 Å². The maximum Gasteiger partial charge on any atom is 0.237 e. The third kappa shape index (κ3) is 3.31. The maximum absolute atomic E-state index is 5.95. The first-order valence-corrected chi connectivity index (χ1v) is 7.58. The third-order valence-corrected chi connectivity index (χ3v) is 3.81. The fraction of sp³-hybridized carbons (Fsp3) is 0.500. The van der Waals surface area contributed by atoms with Crippen LogP contribution < -0.4 is 5.32 Å². The van der Waals surface area contributed by atoms with E-state index in [-0.39, 0.29) is 6.04 Å². The SMILES string of the molecule is CCNC(c1ccccc1)c1nnc(C2CCOCC2)o1. The summed E-state index contributed by atoms with van der Waals surface area (Å²) in [6, 6.07) is 10.2. The summed E-state index contributed by atoms with van der Waals surface area (Å²) in [5, 5.41) is 11.9. The fourth-order valence-electron chi connectivity index (χ4n) is 2.67. The molecule has 21 heavy (non-hydrogen) atoms. The Morgan fingerprint density at radius 2 is 1.95 bits per heavy atom. The number of benzene rings is 1. The van der Waals surface area contributed by atoms with E-state index < -0.39 is 0 Å². The Hall–Kier alpha value is -1.72. The van der Waals surface area contributed by atoms with E-state index in [4.69, 9.17) is 9.15 Å². The third-order valence-electron chi connectivity index (χ3n) is 3.81. The number of nitrogens with zero attached hydrogens (tertiary/aromatic N) is 2. The minimum absolute atomic E-state index is 0.0442. The van der Waals surface area contributed by atoms with Crippen LogP contribution in [0.25, 0.3) is 0 Å². The van der Waals surface area contributed by atoms with Gasteiger partial charge in [-0.25, -0.2) is 0 Å². The highest BCUT2D eigenvalue weighted by molar-refractivity contribution is 5.23. The van der Waals surface area contributed by atoms with Crippen molar-refractivity contribution in [2.75, 3.05) is 19.8 Å². The van der Waals surface area contributed by atoms with Crippen molar-refractivity contribution in [2.45, 2.75) is 31.7 Å². The summed E-state index contributed by atoms with van der Waals surface area (Å²) in [6.07, 6.45) is 1.91. The van der Waals surface area contributed by atoms with Gasteiger partial charge in [0, 0.05) is 19.1 Å². The van der Waals surface area contributed by atoms with Crippen LogP contribution in [-0.4, -0.2) is 30.0 Å². The first kappa shape index (κ1) is 14.2. The van der Waals surface area contributed by atoms with Gasteiger partial charge in [0.2, 0.25) is 11.8 Å². The van der Waals surface area contributed by atoms with E-state index in [9.17, 15) is 0 Å². The minimum Gasteiger partial charge on any atom is -0.423 e. The van der Waals surface area contributed by atoms with Gasteiger partial charge in [-0.05, 0) is 24.9 Å². The second kappa shape index (κ2) is 6.83. The lowest BCUT2D eigenvalue weighted by Gasteiger charge is -2.18. The van der Waals surface area contributed by atoms with E-state index in [0.29, 0.717) is 11.8 Å². The van der Waals surface area contributed by atoms with Crippen molar-refractivity contribution in [3.63, 3.8) is 0 Å². The highest BCUT2D eigenvalue weighted by atomic mass is 16.5. The molecule has 0 aliphatic carbocycles. The Morgan fingerprint density at radius 3 is 2.67 bits per heavy atom. The van der Waals surface area contributed by atoms with Crippen LogP contribution >= 0.6 is 0 Å². The summed E-state index contributed by atoms with van der Waals surface area (Å²) in [5.74, 6) is 1.72. The molecule has 0 bridgehead atoms. The largest absolute Gasteiger partial charge is 0.423 e. The smallest absolute Gasteiger partial charge is 0.237 e. The average Bonchev–Trinajstić information content (AvgIpc) is 3.04. The molecular formula is C16H21N3O2. The molecule has 0 amide bonds. The molecule has 3 rings (SSSR count). The van der Waals surface area contributed by atoms with Crippen molar-refractivity contribution < 1.29 is 9.15 Å². The molecule has 1 aromatic carbocycles. The number of ether oxygens (including phenoxy) is 1. The summed E-state index contributed by atoms with van der Waals surface area (Å²) in [4.78, 5) is 0. The molecule has 1 saturated heterocycles. The molecular weight excluding hydrogens is 266 g/mol. The molecule has 1 aromatic heterocycles. The molecule has 5 heteroatoms. The van der Waals surface area contributed by atoms with Gasteiger partial charge >= 0.3 is 0 Å². The number of hydrogen-bond acceptors (Lipinski definition) is 5. The molecule has 1 aliphatic rings. The van der Waals surface area contributed by atoms with Gasteiger partial charge in [0.25, 0.3) is 0 Å². The second-order valence-corrected chi connectivity index (χ2v) is 5.27. The van der Waals surface area contributed by atoms with Crippen molar-refractivity contribution in [3.05, 3.63) is 47.7 Å². The highest BCUT2D eigenvalue weighted by Gasteiger charge is 2.25. The van der Waals surface area contributed by atoms with E-state index in [0.717, 1.165) is 44.1 Å². The monoisotopic (exact) mass is 287 g/mol. The molecule has 1 fully saturated rings. The molecule has 5 nitrogen and oxygen atoms in total. The van der Waals surface area contributed by atoms with E-state index in [1.807, 2.05) is 18.2 Å². The van der Waals surface area contributed by atoms with E-state index in [2.05, 4.69) is 34.6 Å². The number of hydrogen-bond donors (Lipinski definition) is 1. The summed E-state index contributed by atoms with van der Waals surface area (Å²) in [5.41, 5.74) is 1.14. The topological polar surface area (TPSA) is 60.2 Å². The Labute approximate surface area is 124 Å². The normalized spacial score (nSPS) is 17.8. The van der Waals surface area contributed by atoms with Crippen molar-refractivity contribution in [1.29, 1.82) is 0 Å². The van der Waals surface area contributed by atoms with Crippen molar-refractivity contribution >= 4 is 0 Å². The van der Waals surface area contributed by atoms with Crippen LogP contribution in [0.2, 0.25) is 0 Å². The molecule has 0 radical (unpaired) electrons. The quantitative estimate of drug-likeness (QED) is 0.916. The van der Waals surface area contributed by atoms with Gasteiger partial charge in [0.05, 0.1) is 0 Å². The zero-order valence-corrected chi connectivity index (χ0v) is 12.3. The predicted octanol–water partition coefficient (Wildman–Crippen LogP) is 2.66. The number of rotatable bonds is 5. The Morgan fingerprint density at radius 1 is 1.19 bits per heavy atom. The van der Waals surface area contributed by atoms with Crippen molar-refractivity contribution in [1.82, 2.24) is 15.5 Å². The van der Waals surface area contributed by atoms with Crippen molar-refractivity contribution in [2.24, 2.45) is 0 Å². The summed E-state index contributed by atoms with van der Waals surface area (Å²) >= 11 is 0. The standard InChI is InChI=1S/C16H21N3O2/c1-2-17-14(12-6-4-3-5-7-12)16-19-18-15(21-16)13-8-10-20-11-9-13/h3-7,13-14,17H,2,8-11H2,1H3. The highest BCUT2D eigenvalue weighted by Crippen LogP contribution is 2.28. The van der Waals surface area contributed by atoms with Gasteiger partial charge in [-0.1, -0.05) is 37.3 Å². The molecule has 2 heterocycles.